The molecule has 0 bridgehead atoms. The van der Waals surface area contributed by atoms with E-state index in [0.29, 0.717) is 5.69 Å². The van der Waals surface area contributed by atoms with Crippen LogP contribution in [0.4, 0.5) is 10.2 Å². The van der Waals surface area contributed by atoms with Crippen molar-refractivity contribution in [1.29, 1.82) is 0 Å². The fourth-order valence-corrected chi connectivity index (χ4v) is 4.27. The highest BCUT2D eigenvalue weighted by Gasteiger charge is 2.22. The van der Waals surface area contributed by atoms with Gasteiger partial charge in [-0.15, -0.1) is 0 Å². The maximum absolute atomic E-state index is 13.8. The van der Waals surface area contributed by atoms with E-state index in [2.05, 4.69) is 14.9 Å². The number of aromatic nitrogens is 2. The zero-order valence-electron chi connectivity index (χ0n) is 16.6. The molecule has 2 N–H and O–H groups in total. The lowest BCUT2D eigenvalue weighted by Gasteiger charge is -2.12. The van der Waals surface area contributed by atoms with Crippen LogP contribution >= 0.6 is 0 Å². The molecule has 0 amide bonds. The molecule has 0 aliphatic heterocycles. The Morgan fingerprint density at radius 1 is 1.00 bits per heavy atom. The number of fused-ring (bicyclic) bond motifs is 1. The molecule has 0 aliphatic carbocycles. The summed E-state index contributed by atoms with van der Waals surface area (Å²) in [5.41, 5.74) is 1.49. The highest BCUT2D eigenvalue weighted by atomic mass is 32.2. The average Bonchev–Trinajstić information content (AvgIpc) is 3.22. The minimum absolute atomic E-state index is 0.0243. The van der Waals surface area contributed by atoms with E-state index in [1.165, 1.54) is 13.2 Å². The quantitative estimate of drug-likeness (QED) is 0.400. The van der Waals surface area contributed by atoms with Gasteiger partial charge in [0.1, 0.15) is 23.1 Å². The Morgan fingerprint density at radius 3 is 2.61 bits per heavy atom. The third-order valence-electron chi connectivity index (χ3n) is 4.62. The number of halogens is 1. The minimum atomic E-state index is -4.15. The first-order valence-corrected chi connectivity index (χ1v) is 10.9. The van der Waals surface area contributed by atoms with Gasteiger partial charge in [0.2, 0.25) is 0 Å². The number of hydrogen-bond donors (Lipinski definition) is 2. The zero-order chi connectivity index (χ0) is 21.8. The molecule has 0 atom stereocenters. The van der Waals surface area contributed by atoms with Crippen molar-refractivity contribution in [3.63, 3.8) is 0 Å². The summed E-state index contributed by atoms with van der Waals surface area (Å²) in [6, 6.07) is 18.7. The van der Waals surface area contributed by atoms with Crippen LogP contribution in [0.15, 0.2) is 71.6 Å². The van der Waals surface area contributed by atoms with Gasteiger partial charge in [-0.3, -0.25) is 9.82 Å². The molecular weight excluding hydrogens is 421 g/mol. The number of hydrogen-bond acceptors (Lipinski definition) is 5. The molecule has 0 fully saturated rings. The summed E-state index contributed by atoms with van der Waals surface area (Å²) in [4.78, 5) is -0.321. The molecule has 7 nitrogen and oxygen atoms in total. The second-order valence-corrected chi connectivity index (χ2v) is 8.42. The van der Waals surface area contributed by atoms with Gasteiger partial charge in [0.25, 0.3) is 10.0 Å². The van der Waals surface area contributed by atoms with Crippen molar-refractivity contribution >= 4 is 26.6 Å². The van der Waals surface area contributed by atoms with E-state index in [0.717, 1.165) is 28.5 Å². The molecule has 0 radical (unpaired) electrons. The van der Waals surface area contributed by atoms with Gasteiger partial charge in [-0.1, -0.05) is 36.4 Å². The molecule has 4 aromatic rings. The molecule has 3 aromatic carbocycles. The van der Waals surface area contributed by atoms with E-state index in [9.17, 15) is 12.8 Å². The standard InChI is InChI=1S/C22H20FN3O4S/c1-29-10-11-30-20-9-8-18(23)13-21(20)31(27,28)26-22-14-19(24-25-22)17-7-6-15-4-2-3-5-16(15)12-17/h2-9,12-14H,10-11H2,1H3,(H2,24,25,26). The molecule has 0 saturated heterocycles. The maximum Gasteiger partial charge on any atom is 0.266 e. The Bertz CT molecular complexity index is 1320. The molecule has 0 unspecified atom stereocenters. The predicted molar refractivity (Wildman–Crippen MR) is 116 cm³/mol. The van der Waals surface area contributed by atoms with Crippen molar-refractivity contribution in [1.82, 2.24) is 10.2 Å². The summed E-state index contributed by atoms with van der Waals surface area (Å²) in [5.74, 6) is -0.593. The SMILES string of the molecule is COCCOc1ccc(F)cc1S(=O)(=O)Nc1cc(-c2ccc3ccccc3c2)[nH]n1. The lowest BCUT2D eigenvalue weighted by molar-refractivity contribution is 0.144. The van der Waals surface area contributed by atoms with Crippen LogP contribution in [0.3, 0.4) is 0 Å². The molecule has 160 valence electrons. The van der Waals surface area contributed by atoms with Gasteiger partial charge in [-0.25, -0.2) is 12.8 Å². The number of nitrogens with one attached hydrogen (secondary N) is 2. The summed E-state index contributed by atoms with van der Waals surface area (Å²) in [6.07, 6.45) is 0. The third kappa shape index (κ3) is 4.68. The highest BCUT2D eigenvalue weighted by Crippen LogP contribution is 2.28. The van der Waals surface area contributed by atoms with Gasteiger partial charge in [-0.2, -0.15) is 5.10 Å². The first-order valence-electron chi connectivity index (χ1n) is 9.45. The molecule has 4 rings (SSSR count). The number of anilines is 1. The van der Waals surface area contributed by atoms with E-state index < -0.39 is 15.8 Å². The van der Waals surface area contributed by atoms with E-state index in [1.807, 2.05) is 42.5 Å². The first kappa shape index (κ1) is 20.8. The smallest absolute Gasteiger partial charge is 0.266 e. The number of ether oxygens (including phenoxy) is 2. The minimum Gasteiger partial charge on any atom is -0.490 e. The molecule has 31 heavy (non-hydrogen) atoms. The fourth-order valence-electron chi connectivity index (χ4n) is 3.12. The van der Waals surface area contributed by atoms with Crippen molar-refractivity contribution < 1.29 is 22.3 Å². The Balaban J connectivity index is 1.59. The van der Waals surface area contributed by atoms with Crippen LogP contribution in [0.25, 0.3) is 22.0 Å². The monoisotopic (exact) mass is 441 g/mol. The van der Waals surface area contributed by atoms with Gasteiger partial charge < -0.3 is 9.47 Å². The summed E-state index contributed by atoms with van der Waals surface area (Å²) < 4.78 is 52.2. The number of methoxy groups -OCH3 is 1. The third-order valence-corrected chi connectivity index (χ3v) is 5.99. The molecule has 0 spiro atoms. The Labute approximate surface area is 178 Å². The predicted octanol–water partition coefficient (Wildman–Crippen LogP) is 4.20. The van der Waals surface area contributed by atoms with Crippen LogP contribution in [-0.2, 0) is 14.8 Å². The van der Waals surface area contributed by atoms with Crippen molar-refractivity contribution in [2.75, 3.05) is 25.0 Å². The van der Waals surface area contributed by atoms with E-state index in [-0.39, 0.29) is 29.7 Å². The Hall–Kier alpha value is -3.43. The summed E-state index contributed by atoms with van der Waals surface area (Å²) in [6.45, 7) is 0.387. The van der Waals surface area contributed by atoms with Crippen LogP contribution in [0.2, 0.25) is 0 Å². The number of H-pyrrole nitrogens is 1. The van der Waals surface area contributed by atoms with E-state index >= 15 is 0 Å². The van der Waals surface area contributed by atoms with Crippen LogP contribution in [0.5, 0.6) is 5.75 Å². The number of benzene rings is 3. The number of rotatable bonds is 8. The van der Waals surface area contributed by atoms with E-state index in [4.69, 9.17) is 9.47 Å². The van der Waals surface area contributed by atoms with Crippen LogP contribution < -0.4 is 9.46 Å². The summed E-state index contributed by atoms with van der Waals surface area (Å²) in [7, 11) is -2.65. The largest absolute Gasteiger partial charge is 0.490 e. The average molecular weight is 441 g/mol. The maximum atomic E-state index is 13.8. The van der Waals surface area contributed by atoms with Crippen LogP contribution in [0.1, 0.15) is 0 Å². The fraction of sp³-hybridized carbons (Fsp3) is 0.136. The second-order valence-electron chi connectivity index (χ2n) is 6.77. The number of sulfonamides is 1. The summed E-state index contributed by atoms with van der Waals surface area (Å²) >= 11 is 0. The molecule has 9 heteroatoms. The number of aromatic amines is 1. The van der Waals surface area contributed by atoms with Crippen LogP contribution in [0, 0.1) is 5.82 Å². The Morgan fingerprint density at radius 2 is 1.81 bits per heavy atom. The van der Waals surface area contributed by atoms with Gasteiger partial charge in [0, 0.05) is 18.7 Å². The lowest BCUT2D eigenvalue weighted by atomic mass is 10.1. The molecule has 0 aliphatic rings. The van der Waals surface area contributed by atoms with Crippen LogP contribution in [-0.4, -0.2) is 38.9 Å². The van der Waals surface area contributed by atoms with Crippen molar-refractivity contribution in [2.24, 2.45) is 0 Å². The topological polar surface area (TPSA) is 93.3 Å². The van der Waals surface area contributed by atoms with Crippen molar-refractivity contribution in [3.8, 4) is 17.0 Å². The molecular formula is C22H20FN3O4S. The van der Waals surface area contributed by atoms with Gasteiger partial charge in [0.15, 0.2) is 5.82 Å². The molecule has 1 aromatic heterocycles. The van der Waals surface area contributed by atoms with Gasteiger partial charge >= 0.3 is 0 Å². The second kappa shape index (κ2) is 8.75. The normalized spacial score (nSPS) is 11.5. The molecule has 0 saturated carbocycles. The highest BCUT2D eigenvalue weighted by molar-refractivity contribution is 7.92. The number of nitrogens with zero attached hydrogens (tertiary/aromatic N) is 1. The molecule has 1 heterocycles. The lowest BCUT2D eigenvalue weighted by Crippen LogP contribution is -2.16. The van der Waals surface area contributed by atoms with Crippen molar-refractivity contribution in [3.05, 3.63) is 72.5 Å². The van der Waals surface area contributed by atoms with E-state index in [1.54, 1.807) is 6.07 Å². The van der Waals surface area contributed by atoms with Gasteiger partial charge in [-0.05, 0) is 35.0 Å². The van der Waals surface area contributed by atoms with Crippen molar-refractivity contribution in [2.45, 2.75) is 4.90 Å². The Kier molecular flexibility index (Phi) is 5.88. The van der Waals surface area contributed by atoms with Gasteiger partial charge in [0.05, 0.1) is 12.3 Å². The summed E-state index contributed by atoms with van der Waals surface area (Å²) in [5, 5.41) is 9.02. The first-order chi connectivity index (χ1) is 15.0. The zero-order valence-corrected chi connectivity index (χ0v) is 17.4.